The summed E-state index contributed by atoms with van der Waals surface area (Å²) in [6, 6.07) is 3.02. The van der Waals surface area contributed by atoms with Crippen molar-refractivity contribution in [2.24, 2.45) is 0 Å². The van der Waals surface area contributed by atoms with Gasteiger partial charge in [0.05, 0.1) is 6.10 Å². The van der Waals surface area contributed by atoms with Crippen LogP contribution < -0.4 is 4.74 Å². The molecule has 2 N–H and O–H groups in total. The average Bonchev–Trinajstić information content (AvgIpc) is 2.64. The fraction of sp³-hybridized carbons (Fsp3) is 0.455. The molecule has 0 aliphatic heterocycles. The van der Waals surface area contributed by atoms with Gasteiger partial charge in [0.15, 0.2) is 5.69 Å². The minimum Gasteiger partial charge on any atom is -0.490 e. The Bertz CT molecular complexity index is 393. The van der Waals surface area contributed by atoms with Crippen molar-refractivity contribution < 1.29 is 19.7 Å². The summed E-state index contributed by atoms with van der Waals surface area (Å²) in [6.07, 6.45) is 3.22. The van der Waals surface area contributed by atoms with E-state index in [1.54, 1.807) is 6.07 Å². The normalized spacial score (nSPS) is 24.3. The predicted octanol–water partition coefficient (Wildman–Crippen LogP) is 1.07. The van der Waals surface area contributed by atoms with Gasteiger partial charge in [0.1, 0.15) is 11.9 Å². The van der Waals surface area contributed by atoms with Gasteiger partial charge in [-0.05, 0) is 18.9 Å². The van der Waals surface area contributed by atoms with E-state index in [1.165, 1.54) is 12.3 Å². The van der Waals surface area contributed by atoms with Crippen LogP contribution >= 0.6 is 0 Å². The molecule has 2 rings (SSSR count). The van der Waals surface area contributed by atoms with E-state index in [4.69, 9.17) is 9.84 Å². The van der Waals surface area contributed by atoms with Crippen molar-refractivity contribution in [3.05, 3.63) is 24.0 Å². The molecule has 2 atom stereocenters. The summed E-state index contributed by atoms with van der Waals surface area (Å²) in [7, 11) is 0. The zero-order valence-corrected chi connectivity index (χ0v) is 8.67. The number of nitrogens with zero attached hydrogens (tertiary/aromatic N) is 1. The van der Waals surface area contributed by atoms with Gasteiger partial charge in [0.25, 0.3) is 0 Å². The molecule has 0 spiro atoms. The van der Waals surface area contributed by atoms with Crippen LogP contribution in [0.5, 0.6) is 5.75 Å². The molecule has 1 aromatic rings. The molecule has 0 radical (unpaired) electrons. The standard InChI is InChI=1S/C11H13NO4/c13-7-1-2-8(5-7)16-9-3-4-12-10(6-9)11(14)15/h3-4,6-8,13H,1-2,5H2,(H,14,15)/t7-,8-/m0/s1. The Kier molecular flexibility index (Phi) is 3.05. The summed E-state index contributed by atoms with van der Waals surface area (Å²) < 4.78 is 5.57. The number of aliphatic hydroxyl groups is 1. The predicted molar refractivity (Wildman–Crippen MR) is 55.5 cm³/mol. The van der Waals surface area contributed by atoms with E-state index in [9.17, 15) is 9.90 Å². The van der Waals surface area contributed by atoms with Crippen LogP contribution in [0.2, 0.25) is 0 Å². The highest BCUT2D eigenvalue weighted by molar-refractivity contribution is 5.85. The first-order chi connectivity index (χ1) is 7.65. The molecule has 0 unspecified atom stereocenters. The number of rotatable bonds is 3. The maximum absolute atomic E-state index is 10.7. The highest BCUT2D eigenvalue weighted by atomic mass is 16.5. The highest BCUT2D eigenvalue weighted by Gasteiger charge is 2.24. The second-order valence-corrected chi connectivity index (χ2v) is 3.89. The molecule has 5 heteroatoms. The molecule has 5 nitrogen and oxygen atoms in total. The topological polar surface area (TPSA) is 79.7 Å². The van der Waals surface area contributed by atoms with E-state index < -0.39 is 5.97 Å². The van der Waals surface area contributed by atoms with Crippen molar-refractivity contribution in [3.8, 4) is 5.75 Å². The number of carboxylic acid groups (broad SMARTS) is 1. The molecular formula is C11H13NO4. The van der Waals surface area contributed by atoms with Crippen molar-refractivity contribution in [2.75, 3.05) is 0 Å². The lowest BCUT2D eigenvalue weighted by Crippen LogP contribution is -2.14. The number of aliphatic hydroxyl groups excluding tert-OH is 1. The number of carbonyl (C=O) groups is 1. The van der Waals surface area contributed by atoms with Gasteiger partial charge in [-0.25, -0.2) is 9.78 Å². The van der Waals surface area contributed by atoms with Gasteiger partial charge in [-0.3, -0.25) is 0 Å². The van der Waals surface area contributed by atoms with E-state index >= 15 is 0 Å². The van der Waals surface area contributed by atoms with Crippen molar-refractivity contribution in [1.29, 1.82) is 0 Å². The van der Waals surface area contributed by atoms with Gasteiger partial charge in [-0.2, -0.15) is 0 Å². The van der Waals surface area contributed by atoms with Crippen LogP contribution in [0.4, 0.5) is 0 Å². The first-order valence-corrected chi connectivity index (χ1v) is 5.19. The van der Waals surface area contributed by atoms with E-state index in [2.05, 4.69) is 4.98 Å². The van der Waals surface area contributed by atoms with Gasteiger partial charge in [0.2, 0.25) is 0 Å². The molecule has 86 valence electrons. The van der Waals surface area contributed by atoms with E-state index in [0.717, 1.165) is 12.8 Å². The number of pyridine rings is 1. The Morgan fingerprint density at radius 2 is 2.31 bits per heavy atom. The van der Waals surface area contributed by atoms with Crippen LogP contribution in [0.25, 0.3) is 0 Å². The molecule has 1 heterocycles. The van der Waals surface area contributed by atoms with Crippen LogP contribution in [-0.2, 0) is 0 Å². The van der Waals surface area contributed by atoms with Crippen molar-refractivity contribution in [1.82, 2.24) is 4.98 Å². The molecule has 1 aliphatic carbocycles. The molecule has 0 amide bonds. The maximum Gasteiger partial charge on any atom is 0.354 e. The zero-order chi connectivity index (χ0) is 11.5. The Morgan fingerprint density at radius 1 is 1.50 bits per heavy atom. The number of hydrogen-bond acceptors (Lipinski definition) is 4. The molecule has 0 aromatic carbocycles. The second-order valence-electron chi connectivity index (χ2n) is 3.89. The first kappa shape index (κ1) is 10.9. The van der Waals surface area contributed by atoms with Crippen molar-refractivity contribution in [3.63, 3.8) is 0 Å². The smallest absolute Gasteiger partial charge is 0.354 e. The Morgan fingerprint density at radius 3 is 2.94 bits per heavy atom. The third-order valence-electron chi connectivity index (χ3n) is 2.61. The Balaban J connectivity index is 2.04. The van der Waals surface area contributed by atoms with Gasteiger partial charge >= 0.3 is 5.97 Å². The van der Waals surface area contributed by atoms with Gasteiger partial charge in [-0.1, -0.05) is 0 Å². The molecular weight excluding hydrogens is 210 g/mol. The molecule has 1 saturated carbocycles. The van der Waals surface area contributed by atoms with Crippen LogP contribution in [0.15, 0.2) is 18.3 Å². The fourth-order valence-electron chi connectivity index (χ4n) is 1.82. The van der Waals surface area contributed by atoms with Crippen molar-refractivity contribution >= 4 is 5.97 Å². The minimum atomic E-state index is -1.07. The maximum atomic E-state index is 10.7. The first-order valence-electron chi connectivity index (χ1n) is 5.19. The summed E-state index contributed by atoms with van der Waals surface area (Å²) in [5.41, 5.74) is -0.0314. The van der Waals surface area contributed by atoms with Gasteiger partial charge in [-0.15, -0.1) is 0 Å². The van der Waals surface area contributed by atoms with Crippen LogP contribution in [0.3, 0.4) is 0 Å². The lowest BCUT2D eigenvalue weighted by molar-refractivity contribution is 0.0689. The van der Waals surface area contributed by atoms with E-state index in [-0.39, 0.29) is 17.9 Å². The number of ether oxygens (including phenoxy) is 1. The van der Waals surface area contributed by atoms with Gasteiger partial charge in [0, 0.05) is 18.7 Å². The van der Waals surface area contributed by atoms with E-state index in [1.807, 2.05) is 0 Å². The van der Waals surface area contributed by atoms with Crippen LogP contribution in [0, 0.1) is 0 Å². The molecule has 16 heavy (non-hydrogen) atoms. The Hall–Kier alpha value is -1.62. The molecule has 1 aliphatic rings. The lowest BCUT2D eigenvalue weighted by Gasteiger charge is -2.13. The minimum absolute atomic E-state index is 0.0287. The Labute approximate surface area is 92.7 Å². The van der Waals surface area contributed by atoms with Crippen molar-refractivity contribution in [2.45, 2.75) is 31.5 Å². The molecule has 1 aromatic heterocycles. The zero-order valence-electron chi connectivity index (χ0n) is 8.67. The second kappa shape index (κ2) is 4.49. The van der Waals surface area contributed by atoms with E-state index in [0.29, 0.717) is 12.2 Å². The highest BCUT2D eigenvalue weighted by Crippen LogP contribution is 2.24. The fourth-order valence-corrected chi connectivity index (χ4v) is 1.82. The summed E-state index contributed by atoms with van der Waals surface area (Å²) in [5.74, 6) is -0.580. The number of aromatic carboxylic acids is 1. The molecule has 1 fully saturated rings. The average molecular weight is 223 g/mol. The molecule has 0 bridgehead atoms. The number of aromatic nitrogens is 1. The monoisotopic (exact) mass is 223 g/mol. The number of carboxylic acids is 1. The molecule has 0 saturated heterocycles. The summed E-state index contributed by atoms with van der Waals surface area (Å²) in [6.45, 7) is 0. The third kappa shape index (κ3) is 2.49. The van der Waals surface area contributed by atoms with Crippen LogP contribution in [-0.4, -0.2) is 33.4 Å². The summed E-state index contributed by atoms with van der Waals surface area (Å²) in [5, 5.41) is 18.1. The van der Waals surface area contributed by atoms with Gasteiger partial charge < -0.3 is 14.9 Å². The largest absolute Gasteiger partial charge is 0.490 e. The quantitative estimate of drug-likeness (QED) is 0.801. The number of hydrogen-bond donors (Lipinski definition) is 2. The summed E-state index contributed by atoms with van der Waals surface area (Å²) >= 11 is 0. The van der Waals surface area contributed by atoms with Crippen LogP contribution in [0.1, 0.15) is 29.8 Å². The third-order valence-corrected chi connectivity index (χ3v) is 2.61. The summed E-state index contributed by atoms with van der Waals surface area (Å²) in [4.78, 5) is 14.4. The SMILES string of the molecule is O=C(O)c1cc(O[C@H]2CC[C@H](O)C2)ccn1. The lowest BCUT2D eigenvalue weighted by atomic mass is 10.3.